The maximum Gasteiger partial charge on any atom is 0.306 e. The number of hydrogen-bond donors (Lipinski definition) is 3. The zero-order chi connectivity index (χ0) is 33.5. The van der Waals surface area contributed by atoms with Gasteiger partial charge in [-0.2, -0.15) is 0 Å². The first-order valence-corrected chi connectivity index (χ1v) is 16.7. The number of hydrogen-bond acceptors (Lipinski definition) is 10. The van der Waals surface area contributed by atoms with Gasteiger partial charge in [-0.3, -0.25) is 43.6 Å². The van der Waals surface area contributed by atoms with Crippen LogP contribution < -0.4 is 16.1 Å². The first kappa shape index (κ1) is 37.1. The molecular formula is C32H53N7O7. The Morgan fingerprint density at radius 2 is 1.59 bits per heavy atom. The molecule has 0 radical (unpaired) electrons. The number of rotatable bonds is 17. The molecule has 0 saturated carbocycles. The zero-order valence-electron chi connectivity index (χ0n) is 27.6. The van der Waals surface area contributed by atoms with Crippen molar-refractivity contribution in [1.82, 2.24) is 35.8 Å². The summed E-state index contributed by atoms with van der Waals surface area (Å²) in [6.07, 6.45) is 5.00. The van der Waals surface area contributed by atoms with Crippen molar-refractivity contribution in [3.05, 3.63) is 12.7 Å². The summed E-state index contributed by atoms with van der Waals surface area (Å²) in [6, 6.07) is -1.79. The van der Waals surface area contributed by atoms with Crippen LogP contribution in [0, 0.1) is 5.92 Å². The molecule has 3 N–H and O–H groups in total. The van der Waals surface area contributed by atoms with E-state index in [0.717, 1.165) is 25.9 Å². The lowest BCUT2D eigenvalue weighted by Gasteiger charge is -2.37. The van der Waals surface area contributed by atoms with E-state index in [4.69, 9.17) is 4.74 Å². The van der Waals surface area contributed by atoms with Crippen LogP contribution in [0.25, 0.3) is 0 Å². The molecule has 14 nitrogen and oxygen atoms in total. The highest BCUT2D eigenvalue weighted by Crippen LogP contribution is 2.15. The van der Waals surface area contributed by atoms with Crippen LogP contribution in [-0.4, -0.2) is 139 Å². The van der Waals surface area contributed by atoms with Gasteiger partial charge in [0, 0.05) is 71.6 Å². The largest absolute Gasteiger partial charge is 0.461 e. The first-order valence-electron chi connectivity index (χ1n) is 16.7. The standard InChI is InChI=1S/C32H53N7O7/c1-4-20-46-31(44)10-9-25(27(40)22-36-16-18-37(19-17-36)23-30(43)38-14-5-6-15-38)35-32(45)26-8-7-12-34-39(26)29(42)11-13-33-28(41)21-24(2)3/h4,24-26,34H,1,5-23H2,2-3H3,(H,33,41)(H,35,45)/t25-,26-/m0/s1. The van der Waals surface area contributed by atoms with Crippen LogP contribution in [0.3, 0.4) is 0 Å². The second-order valence-electron chi connectivity index (χ2n) is 12.7. The molecular weight excluding hydrogens is 594 g/mol. The summed E-state index contributed by atoms with van der Waals surface area (Å²) in [5, 5.41) is 6.87. The molecule has 3 saturated heterocycles. The van der Waals surface area contributed by atoms with Crippen LogP contribution in [-0.2, 0) is 33.5 Å². The number of amides is 4. The molecule has 0 unspecified atom stereocenters. The van der Waals surface area contributed by atoms with Crippen molar-refractivity contribution in [2.75, 3.05) is 72.1 Å². The quantitative estimate of drug-likeness (QED) is 0.143. The third-order valence-electron chi connectivity index (χ3n) is 8.44. The fraction of sp³-hybridized carbons (Fsp3) is 0.750. The number of carbonyl (C=O) groups is 6. The average Bonchev–Trinajstić information content (AvgIpc) is 3.58. The number of Topliss-reactive ketones (excluding diaryl/α,β-unsaturated/α-hetero) is 1. The van der Waals surface area contributed by atoms with Crippen molar-refractivity contribution in [3.8, 4) is 0 Å². The van der Waals surface area contributed by atoms with Gasteiger partial charge in [-0.05, 0) is 38.0 Å². The van der Waals surface area contributed by atoms with E-state index in [1.54, 1.807) is 0 Å². The van der Waals surface area contributed by atoms with Crippen LogP contribution in [0.4, 0.5) is 0 Å². The van der Waals surface area contributed by atoms with Crippen molar-refractivity contribution < 1.29 is 33.5 Å². The Balaban J connectivity index is 1.56. The summed E-state index contributed by atoms with van der Waals surface area (Å²) in [5.74, 6) is -1.33. The fourth-order valence-corrected chi connectivity index (χ4v) is 5.88. The van der Waals surface area contributed by atoms with Gasteiger partial charge >= 0.3 is 5.97 Å². The molecule has 258 valence electrons. The van der Waals surface area contributed by atoms with Crippen molar-refractivity contribution in [3.63, 3.8) is 0 Å². The Morgan fingerprint density at radius 3 is 2.24 bits per heavy atom. The van der Waals surface area contributed by atoms with E-state index < -0.39 is 24.0 Å². The Bertz CT molecular complexity index is 1070. The maximum atomic E-state index is 13.6. The van der Waals surface area contributed by atoms with Crippen LogP contribution in [0.5, 0.6) is 0 Å². The highest BCUT2D eigenvalue weighted by Gasteiger charge is 2.35. The molecule has 3 aliphatic rings. The molecule has 3 fully saturated rings. The molecule has 14 heteroatoms. The lowest BCUT2D eigenvalue weighted by molar-refractivity contribution is -0.147. The van der Waals surface area contributed by atoms with Gasteiger partial charge in [-0.15, -0.1) is 0 Å². The van der Waals surface area contributed by atoms with Crippen LogP contribution in [0.2, 0.25) is 0 Å². The lowest BCUT2D eigenvalue weighted by Crippen LogP contribution is -2.61. The molecule has 46 heavy (non-hydrogen) atoms. The third-order valence-corrected chi connectivity index (χ3v) is 8.44. The van der Waals surface area contributed by atoms with E-state index in [9.17, 15) is 28.8 Å². The molecule has 3 rings (SSSR count). The minimum Gasteiger partial charge on any atom is -0.461 e. The number of ketones is 1. The van der Waals surface area contributed by atoms with E-state index in [0.29, 0.717) is 58.5 Å². The van der Waals surface area contributed by atoms with Crippen molar-refractivity contribution in [2.24, 2.45) is 5.92 Å². The maximum absolute atomic E-state index is 13.6. The minimum atomic E-state index is -0.951. The van der Waals surface area contributed by atoms with Crippen LogP contribution in [0.15, 0.2) is 12.7 Å². The molecule has 0 aliphatic carbocycles. The third kappa shape index (κ3) is 12.4. The predicted octanol–water partition coefficient (Wildman–Crippen LogP) is -0.162. The number of carbonyl (C=O) groups excluding carboxylic acids is 6. The van der Waals surface area contributed by atoms with Crippen LogP contribution in [0.1, 0.15) is 65.2 Å². The molecule has 0 aromatic rings. The number of likely N-dealkylation sites (tertiary alicyclic amines) is 1. The zero-order valence-corrected chi connectivity index (χ0v) is 27.6. The Morgan fingerprint density at radius 1 is 0.913 bits per heavy atom. The summed E-state index contributed by atoms with van der Waals surface area (Å²) in [6.45, 7) is 12.8. The molecule has 0 bridgehead atoms. The average molecular weight is 648 g/mol. The SMILES string of the molecule is C=CCOC(=O)CC[C@H](NC(=O)[C@@H]1CCCNN1C(=O)CCNC(=O)CC(C)C)C(=O)CN1CCN(CC(=O)N2CCCC2)CC1. The number of ether oxygens (including phenoxy) is 1. The van der Waals surface area contributed by atoms with Crippen LogP contribution >= 0.6 is 0 Å². The van der Waals surface area contributed by atoms with Gasteiger partial charge in [0.2, 0.25) is 23.6 Å². The first-order chi connectivity index (χ1) is 22.1. The highest BCUT2D eigenvalue weighted by atomic mass is 16.5. The van der Waals surface area contributed by atoms with E-state index in [1.807, 2.05) is 23.6 Å². The minimum absolute atomic E-state index is 0.0216. The number of nitrogens with one attached hydrogen (secondary N) is 3. The molecule has 3 heterocycles. The Kier molecular flexibility index (Phi) is 15.6. The Labute approximate surface area is 272 Å². The number of hydrazine groups is 1. The lowest BCUT2D eigenvalue weighted by atomic mass is 10.0. The second-order valence-corrected chi connectivity index (χ2v) is 12.7. The fourth-order valence-electron chi connectivity index (χ4n) is 5.88. The van der Waals surface area contributed by atoms with Gasteiger partial charge in [0.1, 0.15) is 12.6 Å². The van der Waals surface area contributed by atoms with E-state index in [1.165, 1.54) is 11.1 Å². The summed E-state index contributed by atoms with van der Waals surface area (Å²) in [4.78, 5) is 82.9. The normalized spacial score (nSPS) is 19.8. The molecule has 3 aliphatic heterocycles. The van der Waals surface area contributed by atoms with Gasteiger partial charge in [-0.25, -0.2) is 5.43 Å². The second kappa shape index (κ2) is 19.3. The number of nitrogens with zero attached hydrogens (tertiary/aromatic N) is 4. The van der Waals surface area contributed by atoms with Crippen molar-refractivity contribution >= 4 is 35.4 Å². The predicted molar refractivity (Wildman–Crippen MR) is 171 cm³/mol. The van der Waals surface area contributed by atoms with Gasteiger partial charge in [-0.1, -0.05) is 26.5 Å². The van der Waals surface area contributed by atoms with Gasteiger partial charge in [0.25, 0.3) is 0 Å². The summed E-state index contributed by atoms with van der Waals surface area (Å²) < 4.78 is 5.08. The van der Waals surface area contributed by atoms with E-state index in [2.05, 4.69) is 27.5 Å². The molecule has 4 amide bonds. The summed E-state index contributed by atoms with van der Waals surface area (Å²) >= 11 is 0. The topological polar surface area (TPSA) is 161 Å². The molecule has 0 aromatic heterocycles. The Hall–Kier alpha value is -3.36. The van der Waals surface area contributed by atoms with Gasteiger partial charge < -0.3 is 20.3 Å². The van der Waals surface area contributed by atoms with Crippen molar-refractivity contribution in [2.45, 2.75) is 77.3 Å². The van der Waals surface area contributed by atoms with E-state index in [-0.39, 0.29) is 68.4 Å². The molecule has 0 aromatic carbocycles. The highest BCUT2D eigenvalue weighted by molar-refractivity contribution is 5.94. The van der Waals surface area contributed by atoms with Gasteiger partial charge in [0.15, 0.2) is 5.78 Å². The molecule has 0 spiro atoms. The van der Waals surface area contributed by atoms with E-state index >= 15 is 0 Å². The molecule has 2 atom stereocenters. The number of piperazine rings is 1. The summed E-state index contributed by atoms with van der Waals surface area (Å²) in [7, 11) is 0. The van der Waals surface area contributed by atoms with Crippen molar-refractivity contribution in [1.29, 1.82) is 0 Å². The smallest absolute Gasteiger partial charge is 0.306 e. The summed E-state index contributed by atoms with van der Waals surface area (Å²) in [5.41, 5.74) is 3.00. The number of esters is 1. The van der Waals surface area contributed by atoms with Gasteiger partial charge in [0.05, 0.1) is 19.1 Å². The monoisotopic (exact) mass is 647 g/mol.